The van der Waals surface area contributed by atoms with Gasteiger partial charge in [0.25, 0.3) is 5.91 Å². The molecule has 3 amide bonds. The van der Waals surface area contributed by atoms with Crippen LogP contribution in [0.25, 0.3) is 0 Å². The maximum atomic E-state index is 12.4. The molecule has 1 aromatic rings. The molecule has 1 aromatic heterocycles. The van der Waals surface area contributed by atoms with Gasteiger partial charge in [-0.2, -0.15) is 0 Å². The molecule has 0 spiro atoms. The molecule has 0 bridgehead atoms. The van der Waals surface area contributed by atoms with Crippen molar-refractivity contribution in [1.29, 1.82) is 0 Å². The lowest BCUT2D eigenvalue weighted by Gasteiger charge is -2.35. The summed E-state index contributed by atoms with van der Waals surface area (Å²) >= 11 is 0. The highest BCUT2D eigenvalue weighted by atomic mass is 16.5. The van der Waals surface area contributed by atoms with Crippen molar-refractivity contribution in [3.8, 4) is 0 Å². The third-order valence-corrected chi connectivity index (χ3v) is 3.94. The lowest BCUT2D eigenvalue weighted by atomic mass is 10.2. The van der Waals surface area contributed by atoms with Gasteiger partial charge in [0.2, 0.25) is 0 Å². The van der Waals surface area contributed by atoms with Crippen LogP contribution in [0.3, 0.4) is 0 Å². The van der Waals surface area contributed by atoms with Crippen LogP contribution in [0.4, 0.5) is 4.79 Å². The number of carbonyl (C=O) groups excluding carboxylic acids is 2. The quantitative estimate of drug-likeness (QED) is 0.850. The monoisotopic (exact) mass is 335 g/mol. The van der Waals surface area contributed by atoms with Crippen LogP contribution in [0.5, 0.6) is 0 Å². The summed E-state index contributed by atoms with van der Waals surface area (Å²) in [7, 11) is 0. The molecule has 0 aliphatic carbocycles. The number of nitrogens with zero attached hydrogens (tertiary/aromatic N) is 4. The van der Waals surface area contributed by atoms with Crippen molar-refractivity contribution >= 4 is 11.9 Å². The van der Waals surface area contributed by atoms with Gasteiger partial charge in [0.05, 0.1) is 37.3 Å². The number of hydrogen-bond acceptors (Lipinski definition) is 5. The van der Waals surface area contributed by atoms with Crippen molar-refractivity contribution in [3.05, 3.63) is 23.8 Å². The molecule has 1 N–H and O–H groups in total. The van der Waals surface area contributed by atoms with Gasteiger partial charge in [-0.25, -0.2) is 4.79 Å². The van der Waals surface area contributed by atoms with E-state index in [0.717, 1.165) is 5.69 Å². The fourth-order valence-electron chi connectivity index (χ4n) is 2.48. The second-order valence-electron chi connectivity index (χ2n) is 5.63. The minimum absolute atomic E-state index is 0.0505. The number of aryl methyl sites for hydroxylation is 1. The Kier molecular flexibility index (Phi) is 6.48. The van der Waals surface area contributed by atoms with Crippen molar-refractivity contribution in [3.63, 3.8) is 0 Å². The van der Waals surface area contributed by atoms with E-state index < -0.39 is 6.10 Å². The zero-order valence-corrected chi connectivity index (χ0v) is 14.5. The topological polar surface area (TPSA) is 87.7 Å². The molecule has 0 unspecified atom stereocenters. The Hall–Kier alpha value is -2.22. The molecule has 0 saturated carbocycles. The molecule has 1 aliphatic rings. The molecule has 2 heterocycles. The number of rotatable bonds is 5. The van der Waals surface area contributed by atoms with Gasteiger partial charge in [-0.3, -0.25) is 14.8 Å². The van der Waals surface area contributed by atoms with Crippen LogP contribution >= 0.6 is 0 Å². The zero-order chi connectivity index (χ0) is 17.5. The third-order valence-electron chi connectivity index (χ3n) is 3.94. The molecule has 1 fully saturated rings. The van der Waals surface area contributed by atoms with Gasteiger partial charge in [0, 0.05) is 25.8 Å². The van der Waals surface area contributed by atoms with Crippen LogP contribution in [-0.2, 0) is 16.1 Å². The Bertz CT molecular complexity index is 559. The van der Waals surface area contributed by atoms with Gasteiger partial charge < -0.3 is 19.9 Å². The van der Waals surface area contributed by atoms with E-state index in [0.29, 0.717) is 31.9 Å². The lowest BCUT2D eigenvalue weighted by Crippen LogP contribution is -2.54. The summed E-state index contributed by atoms with van der Waals surface area (Å²) in [5.74, 6) is -0.241. The lowest BCUT2D eigenvalue weighted by molar-refractivity contribution is -0.137. The Morgan fingerprint density at radius 1 is 1.33 bits per heavy atom. The number of urea groups is 1. The minimum Gasteiger partial charge on any atom is -0.365 e. The fourth-order valence-corrected chi connectivity index (χ4v) is 2.48. The second-order valence-corrected chi connectivity index (χ2v) is 5.63. The van der Waals surface area contributed by atoms with Crippen molar-refractivity contribution in [1.82, 2.24) is 25.1 Å². The van der Waals surface area contributed by atoms with E-state index in [-0.39, 0.29) is 25.0 Å². The van der Waals surface area contributed by atoms with Crippen LogP contribution in [-0.4, -0.2) is 70.6 Å². The van der Waals surface area contributed by atoms with Gasteiger partial charge in [0.1, 0.15) is 0 Å². The van der Waals surface area contributed by atoms with E-state index in [2.05, 4.69) is 15.3 Å². The molecule has 2 rings (SSSR count). The summed E-state index contributed by atoms with van der Waals surface area (Å²) in [4.78, 5) is 36.4. The highest BCUT2D eigenvalue weighted by Crippen LogP contribution is 2.09. The molecule has 1 saturated heterocycles. The van der Waals surface area contributed by atoms with E-state index in [1.807, 2.05) is 20.8 Å². The first-order valence-electron chi connectivity index (χ1n) is 8.25. The van der Waals surface area contributed by atoms with Gasteiger partial charge in [-0.15, -0.1) is 0 Å². The fraction of sp³-hybridized carbons (Fsp3) is 0.625. The molecular weight excluding hydrogens is 310 g/mol. The van der Waals surface area contributed by atoms with Crippen LogP contribution in [0, 0.1) is 6.92 Å². The normalized spacial score (nSPS) is 17.5. The smallest absolute Gasteiger partial charge is 0.320 e. The largest absolute Gasteiger partial charge is 0.365 e. The number of hydrogen-bond donors (Lipinski definition) is 1. The number of amides is 3. The first-order chi connectivity index (χ1) is 11.5. The Morgan fingerprint density at radius 3 is 2.71 bits per heavy atom. The van der Waals surface area contributed by atoms with Crippen molar-refractivity contribution in [2.45, 2.75) is 33.4 Å². The molecule has 1 atom stereocenters. The molecule has 0 radical (unpaired) electrons. The minimum atomic E-state index is -0.656. The Labute approximate surface area is 142 Å². The maximum absolute atomic E-state index is 12.4. The summed E-state index contributed by atoms with van der Waals surface area (Å²) in [6, 6.07) is -0.0505. The summed E-state index contributed by atoms with van der Waals surface area (Å²) < 4.78 is 5.51. The van der Waals surface area contributed by atoms with E-state index in [1.54, 1.807) is 22.2 Å². The summed E-state index contributed by atoms with van der Waals surface area (Å²) in [5.41, 5.74) is 1.51. The molecular formula is C16H25N5O3. The average Bonchev–Trinajstić information content (AvgIpc) is 2.62. The van der Waals surface area contributed by atoms with E-state index >= 15 is 0 Å². The molecule has 132 valence electrons. The van der Waals surface area contributed by atoms with E-state index in [1.165, 1.54) is 0 Å². The van der Waals surface area contributed by atoms with Gasteiger partial charge >= 0.3 is 6.03 Å². The first-order valence-corrected chi connectivity index (χ1v) is 8.25. The van der Waals surface area contributed by atoms with Gasteiger partial charge in [-0.05, 0) is 20.8 Å². The molecule has 8 nitrogen and oxygen atoms in total. The predicted octanol–water partition coefficient (Wildman–Crippen LogP) is 0.564. The van der Waals surface area contributed by atoms with Crippen LogP contribution < -0.4 is 5.32 Å². The number of aromatic nitrogens is 2. The molecule has 8 heteroatoms. The number of nitrogens with one attached hydrogen (secondary N) is 1. The third kappa shape index (κ3) is 4.64. The summed E-state index contributed by atoms with van der Waals surface area (Å²) in [5, 5.41) is 2.79. The Morgan fingerprint density at radius 2 is 2.08 bits per heavy atom. The molecule has 24 heavy (non-hydrogen) atoms. The number of morpholine rings is 1. The second kappa shape index (κ2) is 8.58. The van der Waals surface area contributed by atoms with Crippen LogP contribution in [0.1, 0.15) is 25.2 Å². The van der Waals surface area contributed by atoms with Crippen LogP contribution in [0.15, 0.2) is 12.4 Å². The SMILES string of the molecule is CCN(CC)C(=O)N1CCO[C@@H](C(=O)NCc2cnc(C)cn2)C1. The van der Waals surface area contributed by atoms with E-state index in [9.17, 15) is 9.59 Å². The highest BCUT2D eigenvalue weighted by Gasteiger charge is 2.30. The highest BCUT2D eigenvalue weighted by molar-refractivity contribution is 5.82. The first kappa shape index (κ1) is 18.1. The van der Waals surface area contributed by atoms with Gasteiger partial charge in [0.15, 0.2) is 6.10 Å². The van der Waals surface area contributed by atoms with Crippen molar-refractivity contribution in [2.24, 2.45) is 0 Å². The van der Waals surface area contributed by atoms with E-state index in [4.69, 9.17) is 4.74 Å². The maximum Gasteiger partial charge on any atom is 0.320 e. The standard InChI is InChI=1S/C16H25N5O3/c1-4-20(5-2)16(23)21-6-7-24-14(11-21)15(22)19-10-13-9-17-12(3)8-18-13/h8-9,14H,4-7,10-11H2,1-3H3,(H,19,22)/t14-/m1/s1. The average molecular weight is 335 g/mol. The number of carbonyl (C=O) groups is 2. The zero-order valence-electron chi connectivity index (χ0n) is 14.5. The number of ether oxygens (including phenoxy) is 1. The molecule has 0 aromatic carbocycles. The molecule has 1 aliphatic heterocycles. The summed E-state index contributed by atoms with van der Waals surface area (Å²) in [6.07, 6.45) is 2.63. The van der Waals surface area contributed by atoms with Crippen molar-refractivity contribution in [2.75, 3.05) is 32.8 Å². The summed E-state index contributed by atoms with van der Waals surface area (Å²) in [6.45, 7) is 8.44. The predicted molar refractivity (Wildman–Crippen MR) is 88.2 cm³/mol. The Balaban J connectivity index is 1.87. The van der Waals surface area contributed by atoms with Gasteiger partial charge in [-0.1, -0.05) is 0 Å². The van der Waals surface area contributed by atoms with Crippen LogP contribution in [0.2, 0.25) is 0 Å². The van der Waals surface area contributed by atoms with Crippen molar-refractivity contribution < 1.29 is 14.3 Å².